The number of benzene rings is 1. The Kier molecular flexibility index (Phi) is 7.91. The van der Waals surface area contributed by atoms with Crippen molar-refractivity contribution in [3.63, 3.8) is 0 Å². The summed E-state index contributed by atoms with van der Waals surface area (Å²) in [6, 6.07) is 8.88. The van der Waals surface area contributed by atoms with E-state index in [1.165, 1.54) is 7.11 Å². The van der Waals surface area contributed by atoms with E-state index in [1.54, 1.807) is 42.2 Å². The van der Waals surface area contributed by atoms with Gasteiger partial charge in [-0.3, -0.25) is 18.7 Å². The predicted octanol–water partition coefficient (Wildman–Crippen LogP) is 3.47. The zero-order chi connectivity index (χ0) is 26.9. The second-order valence-electron chi connectivity index (χ2n) is 9.11. The van der Waals surface area contributed by atoms with Crippen LogP contribution in [0.4, 0.5) is 13.2 Å². The lowest BCUT2D eigenvalue weighted by Crippen LogP contribution is -2.41. The Morgan fingerprint density at radius 1 is 1.16 bits per heavy atom. The van der Waals surface area contributed by atoms with Crippen molar-refractivity contribution >= 4 is 27.5 Å². The summed E-state index contributed by atoms with van der Waals surface area (Å²) in [7, 11) is 1.42. The highest BCUT2D eigenvalue weighted by Gasteiger charge is 2.31. The Labute approximate surface area is 214 Å². The summed E-state index contributed by atoms with van der Waals surface area (Å²) in [6.07, 6.45) is -6.15. The SMILES string of the molecule is COC(Cn1c(=O)c2c(C)c(C(=O)N3CCC(O)CC3)sc2n(CCC(F)(F)F)c1=O)c1ccccc1. The summed E-state index contributed by atoms with van der Waals surface area (Å²) in [5.74, 6) is -0.370. The summed E-state index contributed by atoms with van der Waals surface area (Å²) in [6.45, 7) is 1.32. The summed E-state index contributed by atoms with van der Waals surface area (Å²) < 4.78 is 46.8. The van der Waals surface area contributed by atoms with Gasteiger partial charge in [-0.1, -0.05) is 30.3 Å². The normalized spacial score (nSPS) is 15.9. The molecule has 1 N–H and O–H groups in total. The number of hydrogen-bond donors (Lipinski definition) is 1. The highest BCUT2D eigenvalue weighted by atomic mass is 32.1. The molecule has 8 nitrogen and oxygen atoms in total. The number of fused-ring (bicyclic) bond motifs is 1. The van der Waals surface area contributed by atoms with Gasteiger partial charge in [-0.05, 0) is 30.9 Å². The van der Waals surface area contributed by atoms with Crippen molar-refractivity contribution in [2.75, 3.05) is 20.2 Å². The van der Waals surface area contributed by atoms with Crippen molar-refractivity contribution in [1.29, 1.82) is 0 Å². The molecular formula is C25H28F3N3O5S. The number of piperidine rings is 1. The topological polar surface area (TPSA) is 93.8 Å². The van der Waals surface area contributed by atoms with Crippen LogP contribution in [0.15, 0.2) is 39.9 Å². The zero-order valence-electron chi connectivity index (χ0n) is 20.5. The monoisotopic (exact) mass is 539 g/mol. The number of likely N-dealkylation sites (tertiary alicyclic amines) is 1. The lowest BCUT2D eigenvalue weighted by atomic mass is 10.1. The molecule has 37 heavy (non-hydrogen) atoms. The van der Waals surface area contributed by atoms with Gasteiger partial charge in [0.05, 0.1) is 29.3 Å². The second kappa shape index (κ2) is 10.8. The molecule has 1 saturated heterocycles. The molecule has 12 heteroatoms. The molecule has 200 valence electrons. The summed E-state index contributed by atoms with van der Waals surface area (Å²) in [5.41, 5.74) is -0.545. The van der Waals surface area contributed by atoms with E-state index in [0.717, 1.165) is 20.5 Å². The largest absolute Gasteiger partial charge is 0.393 e. The third kappa shape index (κ3) is 5.65. The van der Waals surface area contributed by atoms with Crippen molar-refractivity contribution in [2.24, 2.45) is 0 Å². The number of methoxy groups -OCH3 is 1. The number of hydrogen-bond acceptors (Lipinski definition) is 6. The van der Waals surface area contributed by atoms with Crippen LogP contribution in [0.25, 0.3) is 10.2 Å². The molecule has 0 radical (unpaired) electrons. The number of halogens is 3. The van der Waals surface area contributed by atoms with Gasteiger partial charge in [0.2, 0.25) is 0 Å². The number of carbonyl (C=O) groups is 1. The molecule has 1 amide bonds. The summed E-state index contributed by atoms with van der Waals surface area (Å²) in [4.78, 5) is 42.1. The van der Waals surface area contributed by atoms with Gasteiger partial charge in [-0.2, -0.15) is 13.2 Å². The van der Waals surface area contributed by atoms with Gasteiger partial charge < -0.3 is 14.7 Å². The Hall–Kier alpha value is -2.96. The van der Waals surface area contributed by atoms with E-state index in [1.807, 2.05) is 0 Å². The van der Waals surface area contributed by atoms with Crippen LogP contribution in [0.1, 0.15) is 46.2 Å². The fourth-order valence-electron chi connectivity index (χ4n) is 4.56. The van der Waals surface area contributed by atoms with E-state index in [2.05, 4.69) is 0 Å². The van der Waals surface area contributed by atoms with Crippen LogP contribution >= 0.6 is 11.3 Å². The molecule has 1 unspecified atom stereocenters. The van der Waals surface area contributed by atoms with Crippen LogP contribution in [-0.2, 0) is 17.8 Å². The molecule has 0 saturated carbocycles. The Balaban J connectivity index is 1.85. The smallest absolute Gasteiger partial charge is 0.390 e. The van der Waals surface area contributed by atoms with E-state index >= 15 is 0 Å². The fraction of sp³-hybridized carbons (Fsp3) is 0.480. The number of thiophene rings is 1. The van der Waals surface area contributed by atoms with E-state index < -0.39 is 42.6 Å². The molecule has 3 aromatic rings. The van der Waals surface area contributed by atoms with Gasteiger partial charge in [-0.15, -0.1) is 11.3 Å². The first-order valence-corrected chi connectivity index (χ1v) is 12.7. The molecular weight excluding hydrogens is 511 g/mol. The number of aromatic nitrogens is 2. The van der Waals surface area contributed by atoms with Crippen LogP contribution in [0.2, 0.25) is 0 Å². The number of rotatable bonds is 7. The molecule has 0 spiro atoms. The number of aliphatic hydroxyl groups excluding tert-OH is 1. The summed E-state index contributed by atoms with van der Waals surface area (Å²) >= 11 is 0.859. The Bertz CT molecular complexity index is 1390. The van der Waals surface area contributed by atoms with Crippen molar-refractivity contribution in [1.82, 2.24) is 14.0 Å². The number of carbonyl (C=O) groups excluding carboxylic acids is 1. The minimum absolute atomic E-state index is 0.0436. The van der Waals surface area contributed by atoms with Crippen molar-refractivity contribution in [2.45, 2.75) is 57.7 Å². The minimum atomic E-state index is -4.52. The maximum absolute atomic E-state index is 13.6. The molecule has 1 fully saturated rings. The highest BCUT2D eigenvalue weighted by Crippen LogP contribution is 2.31. The first-order chi connectivity index (χ1) is 17.5. The first kappa shape index (κ1) is 27.1. The standard InChI is InChI=1S/C25H28F3N3O5S/c1-15-19-21(33)31(14-18(36-2)16-6-4-3-5-7-16)24(35)30(13-10-25(26,27)28)23(19)37-20(15)22(34)29-11-8-17(32)9-12-29/h3-7,17-18,32H,8-14H2,1-2H3. The van der Waals surface area contributed by atoms with Crippen LogP contribution in [-0.4, -0.2) is 57.5 Å². The van der Waals surface area contributed by atoms with E-state index in [0.29, 0.717) is 37.1 Å². The number of nitrogens with zero attached hydrogens (tertiary/aromatic N) is 3. The molecule has 3 heterocycles. The van der Waals surface area contributed by atoms with Crippen LogP contribution in [0.3, 0.4) is 0 Å². The molecule has 1 aliphatic rings. The van der Waals surface area contributed by atoms with Gasteiger partial charge >= 0.3 is 11.9 Å². The second-order valence-corrected chi connectivity index (χ2v) is 10.1. The quantitative estimate of drug-likeness (QED) is 0.496. The van der Waals surface area contributed by atoms with Gasteiger partial charge in [0.25, 0.3) is 11.5 Å². The average Bonchev–Trinajstić information content (AvgIpc) is 3.21. The van der Waals surface area contributed by atoms with E-state index in [4.69, 9.17) is 4.74 Å². The number of aliphatic hydroxyl groups is 1. The van der Waals surface area contributed by atoms with Crippen molar-refractivity contribution in [3.05, 3.63) is 67.2 Å². The van der Waals surface area contributed by atoms with Gasteiger partial charge in [-0.25, -0.2) is 4.79 Å². The lowest BCUT2D eigenvalue weighted by Gasteiger charge is -2.29. The van der Waals surface area contributed by atoms with Crippen LogP contribution < -0.4 is 11.2 Å². The average molecular weight is 540 g/mol. The Morgan fingerprint density at radius 2 is 1.81 bits per heavy atom. The molecule has 4 rings (SSSR count). The third-order valence-electron chi connectivity index (χ3n) is 6.66. The van der Waals surface area contributed by atoms with Gasteiger partial charge in [0, 0.05) is 26.7 Å². The summed E-state index contributed by atoms with van der Waals surface area (Å²) in [5, 5.41) is 9.81. The van der Waals surface area contributed by atoms with Crippen LogP contribution in [0, 0.1) is 6.92 Å². The maximum atomic E-state index is 13.6. The first-order valence-electron chi connectivity index (χ1n) is 11.9. The van der Waals surface area contributed by atoms with Crippen LogP contribution in [0.5, 0.6) is 0 Å². The molecule has 1 aliphatic heterocycles. The zero-order valence-corrected chi connectivity index (χ0v) is 21.3. The minimum Gasteiger partial charge on any atom is -0.393 e. The van der Waals surface area contributed by atoms with Crippen molar-refractivity contribution in [3.8, 4) is 0 Å². The molecule has 0 aliphatic carbocycles. The van der Waals surface area contributed by atoms with E-state index in [-0.39, 0.29) is 27.5 Å². The number of aryl methyl sites for hydroxylation is 2. The molecule has 1 aromatic carbocycles. The van der Waals surface area contributed by atoms with Gasteiger partial charge in [0.1, 0.15) is 10.9 Å². The molecule has 2 aromatic heterocycles. The number of amides is 1. The van der Waals surface area contributed by atoms with E-state index in [9.17, 15) is 32.7 Å². The molecule has 0 bridgehead atoms. The fourth-order valence-corrected chi connectivity index (χ4v) is 5.84. The molecule has 1 atom stereocenters. The lowest BCUT2D eigenvalue weighted by molar-refractivity contribution is -0.136. The predicted molar refractivity (Wildman–Crippen MR) is 133 cm³/mol. The maximum Gasteiger partial charge on any atom is 0.390 e. The van der Waals surface area contributed by atoms with Crippen molar-refractivity contribution < 1.29 is 27.8 Å². The highest BCUT2D eigenvalue weighted by molar-refractivity contribution is 7.20. The van der Waals surface area contributed by atoms with Gasteiger partial charge in [0.15, 0.2) is 0 Å². The Morgan fingerprint density at radius 3 is 2.41 bits per heavy atom. The number of ether oxygens (including phenoxy) is 1. The number of alkyl halides is 3. The third-order valence-corrected chi connectivity index (χ3v) is 7.97.